The maximum Gasteiger partial charge on any atom is 0.127 e. The van der Waals surface area contributed by atoms with Crippen LogP contribution in [0, 0.1) is 0 Å². The first-order chi connectivity index (χ1) is 10.9. The lowest BCUT2D eigenvalue weighted by atomic mass is 10.0. The molecule has 116 valence electrons. The Morgan fingerprint density at radius 3 is 2.59 bits per heavy atom. The van der Waals surface area contributed by atoms with Gasteiger partial charge in [-0.05, 0) is 17.0 Å². The molecule has 0 radical (unpaired) electrons. The molecule has 22 heavy (non-hydrogen) atoms. The highest BCUT2D eigenvalue weighted by Crippen LogP contribution is 2.38. The van der Waals surface area contributed by atoms with Gasteiger partial charge in [-0.25, -0.2) is 0 Å². The van der Waals surface area contributed by atoms with Crippen LogP contribution in [0.5, 0.6) is 5.75 Å². The summed E-state index contributed by atoms with van der Waals surface area (Å²) in [5.41, 5.74) is 1.27. The first-order valence-electron chi connectivity index (χ1n) is 7.98. The SMILES string of the molecule is c1ccc2c(C3CO3)ccc(OCCN3CCOCC3)c2c1. The number of rotatable bonds is 5. The van der Waals surface area contributed by atoms with E-state index in [1.54, 1.807) is 0 Å². The van der Waals surface area contributed by atoms with Crippen LogP contribution in [0.3, 0.4) is 0 Å². The maximum atomic E-state index is 6.05. The van der Waals surface area contributed by atoms with Gasteiger partial charge in [-0.2, -0.15) is 0 Å². The second-order valence-electron chi connectivity index (χ2n) is 5.82. The predicted molar refractivity (Wildman–Crippen MR) is 85.4 cm³/mol. The van der Waals surface area contributed by atoms with Gasteiger partial charge in [-0.3, -0.25) is 4.90 Å². The average molecular weight is 299 g/mol. The van der Waals surface area contributed by atoms with E-state index in [1.807, 2.05) is 0 Å². The highest BCUT2D eigenvalue weighted by atomic mass is 16.6. The number of nitrogens with zero attached hydrogens (tertiary/aromatic N) is 1. The van der Waals surface area contributed by atoms with Crippen molar-refractivity contribution in [2.75, 3.05) is 46.1 Å². The molecule has 0 spiro atoms. The minimum absolute atomic E-state index is 0.271. The summed E-state index contributed by atoms with van der Waals surface area (Å²) in [6, 6.07) is 12.6. The van der Waals surface area contributed by atoms with E-state index < -0.39 is 0 Å². The standard InChI is InChI=1S/C18H21NO3/c1-2-4-15-14(3-1)16(18-13-22-18)5-6-17(15)21-12-9-19-7-10-20-11-8-19/h1-6,18H,7-13H2. The Hall–Kier alpha value is -1.62. The van der Waals surface area contributed by atoms with Crippen LogP contribution in [0.15, 0.2) is 36.4 Å². The zero-order chi connectivity index (χ0) is 14.8. The van der Waals surface area contributed by atoms with Gasteiger partial charge in [0.2, 0.25) is 0 Å². The maximum absolute atomic E-state index is 6.05. The van der Waals surface area contributed by atoms with Crippen LogP contribution in [0.1, 0.15) is 11.7 Å². The van der Waals surface area contributed by atoms with E-state index in [9.17, 15) is 0 Å². The van der Waals surface area contributed by atoms with E-state index in [0.29, 0.717) is 6.61 Å². The first kappa shape index (κ1) is 14.0. The van der Waals surface area contributed by atoms with Gasteiger partial charge < -0.3 is 14.2 Å². The summed E-state index contributed by atoms with van der Waals surface area (Å²) in [7, 11) is 0. The van der Waals surface area contributed by atoms with Crippen molar-refractivity contribution in [1.82, 2.24) is 4.90 Å². The molecule has 1 unspecified atom stereocenters. The van der Waals surface area contributed by atoms with Crippen LogP contribution < -0.4 is 4.74 Å². The molecule has 4 rings (SSSR count). The van der Waals surface area contributed by atoms with Crippen molar-refractivity contribution < 1.29 is 14.2 Å². The van der Waals surface area contributed by atoms with Crippen molar-refractivity contribution in [2.45, 2.75) is 6.10 Å². The summed E-state index contributed by atoms with van der Waals surface area (Å²) in [6.07, 6.45) is 0.271. The Bertz CT molecular complexity index is 648. The van der Waals surface area contributed by atoms with Crippen LogP contribution in [-0.4, -0.2) is 51.0 Å². The van der Waals surface area contributed by atoms with Crippen LogP contribution >= 0.6 is 0 Å². The number of benzene rings is 2. The van der Waals surface area contributed by atoms with Crippen molar-refractivity contribution in [2.24, 2.45) is 0 Å². The Morgan fingerprint density at radius 2 is 1.82 bits per heavy atom. The van der Waals surface area contributed by atoms with E-state index >= 15 is 0 Å². The molecule has 2 aromatic rings. The molecular formula is C18H21NO3. The summed E-state index contributed by atoms with van der Waals surface area (Å²) < 4.78 is 16.9. The first-order valence-corrected chi connectivity index (χ1v) is 7.98. The smallest absolute Gasteiger partial charge is 0.127 e. The van der Waals surface area contributed by atoms with Gasteiger partial charge in [-0.1, -0.05) is 30.3 Å². The van der Waals surface area contributed by atoms with E-state index in [4.69, 9.17) is 14.2 Å². The van der Waals surface area contributed by atoms with Gasteiger partial charge in [0.1, 0.15) is 18.5 Å². The Kier molecular flexibility index (Phi) is 3.97. The molecule has 0 N–H and O–H groups in total. The van der Waals surface area contributed by atoms with Gasteiger partial charge >= 0.3 is 0 Å². The van der Waals surface area contributed by atoms with Gasteiger partial charge in [0.05, 0.1) is 19.8 Å². The summed E-state index contributed by atoms with van der Waals surface area (Å²) >= 11 is 0. The normalized spacial score (nSPS) is 21.9. The van der Waals surface area contributed by atoms with Gasteiger partial charge in [-0.15, -0.1) is 0 Å². The second-order valence-corrected chi connectivity index (χ2v) is 5.82. The van der Waals surface area contributed by atoms with Gasteiger partial charge in [0.15, 0.2) is 0 Å². The number of hydrogen-bond acceptors (Lipinski definition) is 4. The topological polar surface area (TPSA) is 34.2 Å². The number of hydrogen-bond donors (Lipinski definition) is 0. The third-order valence-electron chi connectivity index (χ3n) is 4.37. The Labute approximate surface area is 130 Å². The molecule has 0 aromatic heterocycles. The second kappa shape index (κ2) is 6.24. The van der Waals surface area contributed by atoms with Crippen molar-refractivity contribution in [3.8, 4) is 5.75 Å². The number of ether oxygens (including phenoxy) is 3. The summed E-state index contributed by atoms with van der Waals surface area (Å²) in [5, 5.41) is 2.42. The Morgan fingerprint density at radius 1 is 1.05 bits per heavy atom. The molecule has 2 aromatic carbocycles. The van der Waals surface area contributed by atoms with Crippen molar-refractivity contribution >= 4 is 10.8 Å². The van der Waals surface area contributed by atoms with Crippen LogP contribution in [-0.2, 0) is 9.47 Å². The molecule has 2 saturated heterocycles. The van der Waals surface area contributed by atoms with Crippen LogP contribution in [0.25, 0.3) is 10.8 Å². The zero-order valence-electron chi connectivity index (χ0n) is 12.7. The summed E-state index contributed by atoms with van der Waals surface area (Å²) in [4.78, 5) is 2.39. The van der Waals surface area contributed by atoms with E-state index in [-0.39, 0.29) is 6.10 Å². The molecule has 2 aliphatic heterocycles. The Balaban J connectivity index is 1.48. The summed E-state index contributed by atoms with van der Waals surface area (Å²) in [6.45, 7) is 6.16. The molecule has 0 bridgehead atoms. The molecule has 0 aliphatic carbocycles. The highest BCUT2D eigenvalue weighted by molar-refractivity contribution is 5.91. The van der Waals surface area contributed by atoms with E-state index in [1.165, 1.54) is 16.3 Å². The molecule has 4 nitrogen and oxygen atoms in total. The van der Waals surface area contributed by atoms with E-state index in [0.717, 1.165) is 45.2 Å². The van der Waals surface area contributed by atoms with Gasteiger partial charge in [0.25, 0.3) is 0 Å². The summed E-state index contributed by atoms with van der Waals surface area (Å²) in [5.74, 6) is 0.966. The molecule has 2 heterocycles. The minimum atomic E-state index is 0.271. The lowest BCUT2D eigenvalue weighted by Crippen LogP contribution is -2.38. The third-order valence-corrected chi connectivity index (χ3v) is 4.37. The number of fused-ring (bicyclic) bond motifs is 1. The molecule has 4 heteroatoms. The van der Waals surface area contributed by atoms with Gasteiger partial charge in [0, 0.05) is 25.0 Å². The minimum Gasteiger partial charge on any atom is -0.492 e. The predicted octanol–water partition coefficient (Wildman–Crippen LogP) is 2.62. The molecule has 2 fully saturated rings. The third kappa shape index (κ3) is 2.95. The number of morpholine rings is 1. The van der Waals surface area contributed by atoms with Crippen molar-refractivity contribution in [3.05, 3.63) is 42.0 Å². The van der Waals surface area contributed by atoms with Crippen molar-refractivity contribution in [3.63, 3.8) is 0 Å². The monoisotopic (exact) mass is 299 g/mol. The average Bonchev–Trinajstić information content (AvgIpc) is 3.41. The lowest BCUT2D eigenvalue weighted by molar-refractivity contribution is 0.0323. The fourth-order valence-corrected chi connectivity index (χ4v) is 3.04. The lowest BCUT2D eigenvalue weighted by Gasteiger charge is -2.26. The molecule has 2 aliphatic rings. The fraction of sp³-hybridized carbons (Fsp3) is 0.444. The van der Waals surface area contributed by atoms with Crippen molar-refractivity contribution in [1.29, 1.82) is 0 Å². The van der Waals surface area contributed by atoms with Crippen LogP contribution in [0.4, 0.5) is 0 Å². The largest absolute Gasteiger partial charge is 0.492 e. The van der Waals surface area contributed by atoms with Crippen LogP contribution in [0.2, 0.25) is 0 Å². The molecule has 1 atom stereocenters. The highest BCUT2D eigenvalue weighted by Gasteiger charge is 2.27. The fourth-order valence-electron chi connectivity index (χ4n) is 3.04. The molecule has 0 saturated carbocycles. The quantitative estimate of drug-likeness (QED) is 0.795. The number of epoxide rings is 1. The molecular weight excluding hydrogens is 278 g/mol. The zero-order valence-corrected chi connectivity index (χ0v) is 12.7. The van der Waals surface area contributed by atoms with E-state index in [2.05, 4.69) is 41.3 Å². The molecule has 0 amide bonds.